The molecular weight excluding hydrogens is 242 g/mol. The number of rotatable bonds is 12. The Morgan fingerprint density at radius 1 is 0.900 bits per heavy atom. The van der Waals surface area contributed by atoms with Crippen molar-refractivity contribution < 1.29 is 0 Å². The highest BCUT2D eigenvalue weighted by Gasteiger charge is 2.01. The number of aryl methyl sites for hydroxylation is 1. The maximum absolute atomic E-state index is 3.65. The van der Waals surface area contributed by atoms with Crippen molar-refractivity contribution in [2.24, 2.45) is 0 Å². The van der Waals surface area contributed by atoms with Crippen molar-refractivity contribution in [1.82, 2.24) is 5.32 Å². The quantitative estimate of drug-likeness (QED) is 0.507. The van der Waals surface area contributed by atoms with Crippen LogP contribution in [0.5, 0.6) is 0 Å². The summed E-state index contributed by atoms with van der Waals surface area (Å²) in [6, 6.07) is 11.4. The van der Waals surface area contributed by atoms with Crippen molar-refractivity contribution in [2.75, 3.05) is 6.54 Å². The molecule has 0 aliphatic rings. The monoisotopic (exact) mass is 275 g/mol. The number of benzene rings is 1. The van der Waals surface area contributed by atoms with Crippen LogP contribution < -0.4 is 5.32 Å². The molecule has 0 aliphatic carbocycles. The fourth-order valence-corrected chi connectivity index (χ4v) is 2.56. The number of hydrogen-bond acceptors (Lipinski definition) is 1. The van der Waals surface area contributed by atoms with E-state index in [9.17, 15) is 0 Å². The van der Waals surface area contributed by atoms with E-state index in [-0.39, 0.29) is 0 Å². The molecule has 0 saturated heterocycles. The van der Waals surface area contributed by atoms with Gasteiger partial charge in [0.1, 0.15) is 0 Å². The molecule has 1 N–H and O–H groups in total. The Balaban J connectivity index is 1.91. The lowest BCUT2D eigenvalue weighted by Gasteiger charge is -2.13. The van der Waals surface area contributed by atoms with Crippen LogP contribution in [0.2, 0.25) is 0 Å². The van der Waals surface area contributed by atoms with Crippen LogP contribution in [-0.4, -0.2) is 12.6 Å². The molecule has 1 rings (SSSR count). The van der Waals surface area contributed by atoms with E-state index in [4.69, 9.17) is 0 Å². The molecule has 0 radical (unpaired) electrons. The predicted molar refractivity (Wildman–Crippen MR) is 90.2 cm³/mol. The predicted octanol–water partition coefficient (Wildman–Crippen LogP) is 5.35. The largest absolute Gasteiger partial charge is 0.314 e. The highest BCUT2D eigenvalue weighted by Crippen LogP contribution is 2.07. The molecule has 1 unspecified atom stereocenters. The minimum Gasteiger partial charge on any atom is -0.314 e. The molecule has 1 atom stereocenters. The Hall–Kier alpha value is -0.820. The molecule has 0 spiro atoms. The van der Waals surface area contributed by atoms with Gasteiger partial charge in [-0.1, -0.05) is 75.8 Å². The number of unbranched alkanes of at least 4 members (excludes halogenated alkanes) is 6. The third-order valence-corrected chi connectivity index (χ3v) is 3.98. The van der Waals surface area contributed by atoms with Crippen LogP contribution in [-0.2, 0) is 6.42 Å². The van der Waals surface area contributed by atoms with Gasteiger partial charge in [0.25, 0.3) is 0 Å². The first-order valence-electron chi connectivity index (χ1n) is 8.60. The lowest BCUT2D eigenvalue weighted by Crippen LogP contribution is -2.27. The van der Waals surface area contributed by atoms with Crippen LogP contribution >= 0.6 is 0 Å². The van der Waals surface area contributed by atoms with Crippen LogP contribution in [0.25, 0.3) is 0 Å². The summed E-state index contributed by atoms with van der Waals surface area (Å²) in [5.41, 5.74) is 1.46. The van der Waals surface area contributed by atoms with E-state index in [0.717, 1.165) is 0 Å². The van der Waals surface area contributed by atoms with Gasteiger partial charge < -0.3 is 5.32 Å². The van der Waals surface area contributed by atoms with Gasteiger partial charge in [0.2, 0.25) is 0 Å². The average molecular weight is 275 g/mol. The Bertz CT molecular complexity index is 307. The zero-order valence-electron chi connectivity index (χ0n) is 13.5. The molecule has 0 saturated carbocycles. The van der Waals surface area contributed by atoms with Gasteiger partial charge in [-0.2, -0.15) is 0 Å². The molecule has 1 aromatic carbocycles. The smallest absolute Gasteiger partial charge is 0.00418 e. The van der Waals surface area contributed by atoms with Crippen molar-refractivity contribution >= 4 is 0 Å². The summed E-state index contributed by atoms with van der Waals surface area (Å²) >= 11 is 0. The van der Waals surface area contributed by atoms with Crippen molar-refractivity contribution in [3.05, 3.63) is 35.9 Å². The summed E-state index contributed by atoms with van der Waals surface area (Å²) in [6.45, 7) is 5.77. The molecule has 114 valence electrons. The van der Waals surface area contributed by atoms with Crippen LogP contribution in [0.3, 0.4) is 0 Å². The van der Waals surface area contributed by atoms with E-state index in [1.807, 2.05) is 0 Å². The fourth-order valence-electron chi connectivity index (χ4n) is 2.56. The van der Waals surface area contributed by atoms with Crippen LogP contribution in [0.4, 0.5) is 0 Å². The molecule has 0 amide bonds. The van der Waals surface area contributed by atoms with E-state index >= 15 is 0 Å². The fraction of sp³-hybridized carbons (Fsp3) is 0.684. The normalized spacial score (nSPS) is 12.5. The zero-order chi connectivity index (χ0) is 14.5. The van der Waals surface area contributed by atoms with Gasteiger partial charge in [0, 0.05) is 6.04 Å². The summed E-state index contributed by atoms with van der Waals surface area (Å²) < 4.78 is 0. The highest BCUT2D eigenvalue weighted by molar-refractivity contribution is 5.14. The second kappa shape index (κ2) is 12.0. The second-order valence-electron chi connectivity index (χ2n) is 6.00. The minimum atomic E-state index is 0.635. The second-order valence-corrected chi connectivity index (χ2v) is 6.00. The van der Waals surface area contributed by atoms with E-state index < -0.39 is 0 Å². The van der Waals surface area contributed by atoms with E-state index in [2.05, 4.69) is 49.5 Å². The van der Waals surface area contributed by atoms with Crippen LogP contribution in [0.1, 0.15) is 70.8 Å². The minimum absolute atomic E-state index is 0.635. The van der Waals surface area contributed by atoms with Crippen molar-refractivity contribution in [2.45, 2.75) is 77.7 Å². The van der Waals surface area contributed by atoms with Gasteiger partial charge in [-0.15, -0.1) is 0 Å². The molecule has 1 heteroatoms. The highest BCUT2D eigenvalue weighted by atomic mass is 14.9. The number of hydrogen-bond donors (Lipinski definition) is 1. The molecule has 0 aromatic heterocycles. The first-order valence-corrected chi connectivity index (χ1v) is 8.60. The first-order chi connectivity index (χ1) is 9.83. The molecule has 0 aliphatic heterocycles. The SMILES string of the molecule is CCCCCCCCCNC(C)CCc1ccccc1. The molecular formula is C19H33N. The summed E-state index contributed by atoms with van der Waals surface area (Å²) in [5.74, 6) is 0. The van der Waals surface area contributed by atoms with Gasteiger partial charge in [-0.3, -0.25) is 0 Å². The van der Waals surface area contributed by atoms with Gasteiger partial charge >= 0.3 is 0 Å². The topological polar surface area (TPSA) is 12.0 Å². The summed E-state index contributed by atoms with van der Waals surface area (Å²) in [7, 11) is 0. The van der Waals surface area contributed by atoms with E-state index in [1.165, 1.54) is 69.9 Å². The third-order valence-electron chi connectivity index (χ3n) is 3.98. The summed E-state index contributed by atoms with van der Waals surface area (Å²) in [4.78, 5) is 0. The molecule has 1 nitrogen and oxygen atoms in total. The molecule has 1 aromatic rings. The van der Waals surface area contributed by atoms with E-state index in [0.29, 0.717) is 6.04 Å². The zero-order valence-corrected chi connectivity index (χ0v) is 13.5. The van der Waals surface area contributed by atoms with Crippen molar-refractivity contribution in [3.63, 3.8) is 0 Å². The average Bonchev–Trinajstić information content (AvgIpc) is 2.49. The standard InChI is InChI=1S/C19H33N/c1-3-4-5-6-7-8-12-17-20-18(2)15-16-19-13-10-9-11-14-19/h9-11,13-14,18,20H,3-8,12,15-17H2,1-2H3. The maximum atomic E-state index is 3.65. The first kappa shape index (κ1) is 17.2. The Morgan fingerprint density at radius 2 is 1.55 bits per heavy atom. The molecule has 0 bridgehead atoms. The van der Waals surface area contributed by atoms with Gasteiger partial charge in [0.15, 0.2) is 0 Å². The lowest BCUT2D eigenvalue weighted by molar-refractivity contribution is 0.490. The van der Waals surface area contributed by atoms with Gasteiger partial charge in [-0.05, 0) is 38.3 Å². The van der Waals surface area contributed by atoms with Crippen LogP contribution in [0.15, 0.2) is 30.3 Å². The van der Waals surface area contributed by atoms with Gasteiger partial charge in [-0.25, -0.2) is 0 Å². The van der Waals surface area contributed by atoms with Crippen molar-refractivity contribution in [1.29, 1.82) is 0 Å². The van der Waals surface area contributed by atoms with Crippen LogP contribution in [0, 0.1) is 0 Å². The maximum Gasteiger partial charge on any atom is 0.00418 e. The number of nitrogens with one attached hydrogen (secondary N) is 1. The lowest BCUT2D eigenvalue weighted by atomic mass is 10.1. The molecule has 0 heterocycles. The van der Waals surface area contributed by atoms with E-state index in [1.54, 1.807) is 0 Å². The Labute approximate surface area is 126 Å². The molecule has 0 fully saturated rings. The molecule has 20 heavy (non-hydrogen) atoms. The third kappa shape index (κ3) is 9.14. The van der Waals surface area contributed by atoms with Gasteiger partial charge in [0.05, 0.1) is 0 Å². The summed E-state index contributed by atoms with van der Waals surface area (Å²) in [5, 5.41) is 3.65. The summed E-state index contributed by atoms with van der Waals surface area (Å²) in [6.07, 6.45) is 12.2. The van der Waals surface area contributed by atoms with Crippen molar-refractivity contribution in [3.8, 4) is 0 Å². The Morgan fingerprint density at radius 3 is 2.25 bits per heavy atom. The Kier molecular flexibility index (Phi) is 10.3.